The normalized spacial score (nSPS) is 13.8. The number of amides is 1. The third-order valence-electron chi connectivity index (χ3n) is 6.23. The predicted molar refractivity (Wildman–Crippen MR) is 134 cm³/mol. The zero-order valence-corrected chi connectivity index (χ0v) is 19.9. The van der Waals surface area contributed by atoms with E-state index < -0.39 is 0 Å². The maximum atomic E-state index is 11.8. The van der Waals surface area contributed by atoms with E-state index in [4.69, 9.17) is 30.3 Å². The number of benzene rings is 2. The molecule has 0 aliphatic carbocycles. The fourth-order valence-corrected chi connectivity index (χ4v) is 4.26. The number of fused-ring (bicyclic) bond motifs is 1. The molecule has 10 nitrogen and oxygen atoms in total. The number of piperazine rings is 1. The Morgan fingerprint density at radius 3 is 2.31 bits per heavy atom. The minimum atomic E-state index is 0.0732. The van der Waals surface area contributed by atoms with Gasteiger partial charge in [0.25, 0.3) is 0 Å². The van der Waals surface area contributed by atoms with Gasteiger partial charge >= 0.3 is 0 Å². The molecular weight excluding hydrogens is 446 g/mol. The number of anilines is 2. The fourth-order valence-electron chi connectivity index (χ4n) is 4.26. The lowest BCUT2D eigenvalue weighted by molar-refractivity contribution is -0.129. The molecule has 2 aromatic carbocycles. The minimum Gasteiger partial charge on any atom is -0.497 e. The smallest absolute Gasteiger partial charge is 0.228 e. The largest absolute Gasteiger partial charge is 0.497 e. The second-order valence-electron chi connectivity index (χ2n) is 8.29. The molecule has 1 saturated heterocycles. The fraction of sp³-hybridized carbons (Fsp3) is 0.280. The molecule has 1 aliphatic rings. The minimum absolute atomic E-state index is 0.0732. The van der Waals surface area contributed by atoms with Crippen LogP contribution < -0.4 is 20.1 Å². The van der Waals surface area contributed by atoms with Gasteiger partial charge in [0, 0.05) is 38.7 Å². The summed E-state index contributed by atoms with van der Waals surface area (Å²) in [4.78, 5) is 25.4. The summed E-state index contributed by atoms with van der Waals surface area (Å²) in [6, 6.07) is 15.2. The van der Waals surface area contributed by atoms with Crippen molar-refractivity contribution in [2.75, 3.05) is 51.0 Å². The van der Waals surface area contributed by atoms with E-state index in [2.05, 4.69) is 4.90 Å². The van der Waals surface area contributed by atoms with Crippen molar-refractivity contribution in [3.63, 3.8) is 0 Å². The van der Waals surface area contributed by atoms with E-state index in [1.165, 1.54) is 0 Å². The third-order valence-corrected chi connectivity index (χ3v) is 6.23. The number of nitrogens with two attached hydrogens (primary N) is 1. The van der Waals surface area contributed by atoms with Crippen LogP contribution in [-0.4, -0.2) is 71.0 Å². The standard InChI is InChI=1S/C25H27N7O3/c1-16(33)30-11-13-31(14-12-30)25-27-22(17-5-4-6-20(15-17)35-3)21-23(26)32(29-24(21)28-25)18-7-9-19(34-2)10-8-18/h4-10,15H,11-14,26H2,1-3H3. The van der Waals surface area contributed by atoms with Crippen LogP contribution in [0.15, 0.2) is 48.5 Å². The van der Waals surface area contributed by atoms with E-state index in [9.17, 15) is 4.79 Å². The molecule has 0 radical (unpaired) electrons. The summed E-state index contributed by atoms with van der Waals surface area (Å²) in [6.07, 6.45) is 0. The van der Waals surface area contributed by atoms with Crippen LogP contribution >= 0.6 is 0 Å². The molecule has 2 aromatic heterocycles. The molecule has 0 atom stereocenters. The first kappa shape index (κ1) is 22.5. The summed E-state index contributed by atoms with van der Waals surface area (Å²) >= 11 is 0. The number of hydrogen-bond donors (Lipinski definition) is 1. The number of nitrogens with zero attached hydrogens (tertiary/aromatic N) is 6. The lowest BCUT2D eigenvalue weighted by atomic mass is 10.1. The number of hydrogen-bond acceptors (Lipinski definition) is 8. The Kier molecular flexibility index (Phi) is 5.86. The van der Waals surface area contributed by atoms with Crippen LogP contribution in [0.3, 0.4) is 0 Å². The van der Waals surface area contributed by atoms with Crippen molar-refractivity contribution in [1.29, 1.82) is 0 Å². The van der Waals surface area contributed by atoms with Crippen LogP contribution in [0.5, 0.6) is 11.5 Å². The van der Waals surface area contributed by atoms with Gasteiger partial charge in [-0.2, -0.15) is 4.98 Å². The van der Waals surface area contributed by atoms with Crippen molar-refractivity contribution >= 4 is 28.7 Å². The number of carbonyl (C=O) groups is 1. The van der Waals surface area contributed by atoms with Crippen molar-refractivity contribution in [1.82, 2.24) is 24.6 Å². The summed E-state index contributed by atoms with van der Waals surface area (Å²) < 4.78 is 12.4. The maximum absolute atomic E-state index is 11.8. The number of methoxy groups -OCH3 is 2. The molecule has 10 heteroatoms. The van der Waals surface area contributed by atoms with Crippen LogP contribution in [0.1, 0.15) is 6.92 Å². The molecule has 1 aliphatic heterocycles. The van der Waals surface area contributed by atoms with E-state index in [-0.39, 0.29) is 5.91 Å². The molecule has 1 fully saturated rings. The highest BCUT2D eigenvalue weighted by Gasteiger charge is 2.25. The van der Waals surface area contributed by atoms with Gasteiger partial charge in [-0.15, -0.1) is 5.10 Å². The van der Waals surface area contributed by atoms with Gasteiger partial charge in [-0.25, -0.2) is 9.67 Å². The Balaban J connectivity index is 1.65. The van der Waals surface area contributed by atoms with Crippen molar-refractivity contribution in [2.24, 2.45) is 0 Å². The summed E-state index contributed by atoms with van der Waals surface area (Å²) in [6.45, 7) is 4.10. The Bertz CT molecular complexity index is 1380. The molecular formula is C25H27N7O3. The van der Waals surface area contributed by atoms with Gasteiger partial charge in [0.15, 0.2) is 5.65 Å². The summed E-state index contributed by atoms with van der Waals surface area (Å²) in [5, 5.41) is 5.41. The van der Waals surface area contributed by atoms with E-state index in [0.717, 1.165) is 17.0 Å². The number of aromatic nitrogens is 4. The highest BCUT2D eigenvalue weighted by Crippen LogP contribution is 2.35. The van der Waals surface area contributed by atoms with E-state index in [1.54, 1.807) is 25.8 Å². The second-order valence-corrected chi connectivity index (χ2v) is 8.29. The van der Waals surface area contributed by atoms with Gasteiger partial charge in [0.1, 0.15) is 17.3 Å². The second kappa shape index (κ2) is 9.13. The van der Waals surface area contributed by atoms with Crippen LogP contribution in [-0.2, 0) is 4.79 Å². The molecule has 0 unspecified atom stereocenters. The zero-order chi connectivity index (χ0) is 24.5. The van der Waals surface area contributed by atoms with Gasteiger partial charge < -0.3 is 25.0 Å². The molecule has 0 spiro atoms. The number of rotatable bonds is 5. The van der Waals surface area contributed by atoms with Crippen molar-refractivity contribution in [3.8, 4) is 28.4 Å². The van der Waals surface area contributed by atoms with E-state index in [1.807, 2.05) is 53.4 Å². The SMILES string of the molecule is COc1ccc(-n2nc3nc(N4CCN(C(C)=O)CC4)nc(-c4cccc(OC)c4)c3c2N)cc1. The molecule has 0 saturated carbocycles. The molecule has 4 aromatic rings. The van der Waals surface area contributed by atoms with Crippen molar-refractivity contribution in [2.45, 2.75) is 6.92 Å². The Hall–Kier alpha value is -4.34. The zero-order valence-electron chi connectivity index (χ0n) is 19.9. The number of carbonyl (C=O) groups excluding carboxylic acids is 1. The van der Waals surface area contributed by atoms with E-state index in [0.29, 0.717) is 60.4 Å². The maximum Gasteiger partial charge on any atom is 0.228 e. The first-order chi connectivity index (χ1) is 17.0. The molecule has 35 heavy (non-hydrogen) atoms. The monoisotopic (exact) mass is 473 g/mol. The van der Waals surface area contributed by atoms with Crippen LogP contribution in [0.2, 0.25) is 0 Å². The summed E-state index contributed by atoms with van der Waals surface area (Å²) in [5.74, 6) is 2.53. The first-order valence-corrected chi connectivity index (χ1v) is 11.3. The lowest BCUT2D eigenvalue weighted by Gasteiger charge is -2.34. The van der Waals surface area contributed by atoms with Gasteiger partial charge in [0.05, 0.1) is 31.0 Å². The van der Waals surface area contributed by atoms with Gasteiger partial charge in [-0.1, -0.05) is 12.1 Å². The third kappa shape index (κ3) is 4.18. The lowest BCUT2D eigenvalue weighted by Crippen LogP contribution is -2.48. The van der Waals surface area contributed by atoms with Gasteiger partial charge in [0.2, 0.25) is 11.9 Å². The average Bonchev–Trinajstić information content (AvgIpc) is 3.24. The molecule has 1 amide bonds. The molecule has 0 bridgehead atoms. The van der Waals surface area contributed by atoms with Crippen LogP contribution in [0, 0.1) is 0 Å². The average molecular weight is 474 g/mol. The van der Waals surface area contributed by atoms with Crippen molar-refractivity contribution in [3.05, 3.63) is 48.5 Å². The highest BCUT2D eigenvalue weighted by molar-refractivity contribution is 5.99. The summed E-state index contributed by atoms with van der Waals surface area (Å²) in [5.41, 5.74) is 9.44. The first-order valence-electron chi connectivity index (χ1n) is 11.3. The van der Waals surface area contributed by atoms with Crippen LogP contribution in [0.25, 0.3) is 28.0 Å². The van der Waals surface area contributed by atoms with Gasteiger partial charge in [-0.05, 0) is 36.4 Å². The van der Waals surface area contributed by atoms with Crippen LogP contribution in [0.4, 0.5) is 11.8 Å². The molecule has 5 rings (SSSR count). The molecule has 3 heterocycles. The van der Waals surface area contributed by atoms with Crippen molar-refractivity contribution < 1.29 is 14.3 Å². The van der Waals surface area contributed by atoms with E-state index >= 15 is 0 Å². The predicted octanol–water partition coefficient (Wildman–Crippen LogP) is 2.75. The Morgan fingerprint density at radius 2 is 1.66 bits per heavy atom. The topological polar surface area (TPSA) is 112 Å². The molecule has 180 valence electrons. The Labute approximate surface area is 202 Å². The Morgan fingerprint density at radius 1 is 0.943 bits per heavy atom. The summed E-state index contributed by atoms with van der Waals surface area (Å²) in [7, 11) is 3.25. The molecule has 2 N–H and O–H groups in total. The van der Waals surface area contributed by atoms with Gasteiger partial charge in [-0.3, -0.25) is 4.79 Å². The quantitative estimate of drug-likeness (QED) is 0.471. The highest BCUT2D eigenvalue weighted by atomic mass is 16.5. The number of ether oxygens (including phenoxy) is 2. The number of nitrogen functional groups attached to an aromatic ring is 1.